The third-order valence-electron chi connectivity index (χ3n) is 1.37. The molecule has 0 radical (unpaired) electrons. The fraction of sp³-hybridized carbons (Fsp3) is 0.429. The van der Waals surface area contributed by atoms with Crippen LogP contribution in [0.1, 0.15) is 0 Å². The Kier molecular flexibility index (Phi) is 3.62. The zero-order valence-corrected chi connectivity index (χ0v) is 8.80. The number of carbonyl (C=O) groups excluding carboxylic acids is 1. The van der Waals surface area contributed by atoms with Crippen molar-refractivity contribution in [1.82, 2.24) is 9.55 Å². The molecule has 4 nitrogen and oxygen atoms in total. The summed E-state index contributed by atoms with van der Waals surface area (Å²) in [6.45, 7) is 0. The lowest BCUT2D eigenvalue weighted by atomic mass is 10.8. The highest BCUT2D eigenvalue weighted by Gasteiger charge is 2.18. The van der Waals surface area contributed by atoms with Crippen LogP contribution in [0.5, 0.6) is 0 Å². The lowest BCUT2D eigenvalue weighted by Gasteiger charge is -2.05. The van der Waals surface area contributed by atoms with Crippen molar-refractivity contribution in [2.24, 2.45) is 7.05 Å². The van der Waals surface area contributed by atoms with Gasteiger partial charge < -0.3 is 9.30 Å². The first-order valence-corrected chi connectivity index (χ1v) is 4.82. The summed E-state index contributed by atoms with van der Waals surface area (Å²) in [4.78, 5) is 14.9. The van der Waals surface area contributed by atoms with Gasteiger partial charge in [-0.05, 0) is 0 Å². The number of ether oxygens (including phenoxy) is 1. The Morgan fingerprint density at radius 3 is 3.00 bits per heavy atom. The van der Waals surface area contributed by atoms with E-state index >= 15 is 0 Å². The Hall–Kier alpha value is -0.680. The number of aryl methyl sites for hydroxylation is 1. The van der Waals surface area contributed by atoms with Gasteiger partial charge in [0.1, 0.15) is 0 Å². The maximum atomic E-state index is 10.9. The number of alkyl halides is 1. The molecule has 0 aliphatic rings. The lowest BCUT2D eigenvalue weighted by Crippen LogP contribution is -2.12. The summed E-state index contributed by atoms with van der Waals surface area (Å²) in [7, 11) is 3.13. The van der Waals surface area contributed by atoms with E-state index in [1.165, 1.54) is 7.11 Å². The largest absolute Gasteiger partial charge is 0.467 e. The minimum absolute atomic E-state index is 0.463. The van der Waals surface area contributed by atoms with Crippen LogP contribution in [0.4, 0.5) is 0 Å². The SMILES string of the molecule is COC(=O)C(Cl)Sc1nccn1C. The molecule has 0 aliphatic heterocycles. The first-order chi connectivity index (χ1) is 6.15. The van der Waals surface area contributed by atoms with Gasteiger partial charge in [-0.15, -0.1) is 0 Å². The fourth-order valence-electron chi connectivity index (χ4n) is 0.699. The van der Waals surface area contributed by atoms with Gasteiger partial charge in [0, 0.05) is 19.4 Å². The Bertz CT molecular complexity index is 302. The van der Waals surface area contributed by atoms with Gasteiger partial charge in [0.15, 0.2) is 9.87 Å². The van der Waals surface area contributed by atoms with Crippen molar-refractivity contribution >= 4 is 29.3 Å². The zero-order chi connectivity index (χ0) is 9.84. The molecule has 1 rings (SSSR count). The Balaban J connectivity index is 2.59. The Morgan fingerprint density at radius 1 is 1.85 bits per heavy atom. The molecule has 0 aromatic carbocycles. The highest BCUT2D eigenvalue weighted by molar-refractivity contribution is 8.01. The molecule has 0 bridgehead atoms. The van der Waals surface area contributed by atoms with Gasteiger partial charge in [0.05, 0.1) is 7.11 Å². The number of halogens is 1. The summed E-state index contributed by atoms with van der Waals surface area (Å²) >= 11 is 6.88. The van der Waals surface area contributed by atoms with E-state index < -0.39 is 10.7 Å². The molecule has 72 valence electrons. The van der Waals surface area contributed by atoms with Crippen LogP contribution in [0.2, 0.25) is 0 Å². The smallest absolute Gasteiger partial charge is 0.334 e. The van der Waals surface area contributed by atoms with E-state index in [1.807, 2.05) is 7.05 Å². The minimum atomic E-state index is -0.744. The molecule has 0 spiro atoms. The van der Waals surface area contributed by atoms with Crippen LogP contribution in [0.15, 0.2) is 17.6 Å². The second-order valence-electron chi connectivity index (χ2n) is 2.28. The predicted octanol–water partition coefficient (Wildman–Crippen LogP) is 1.25. The quantitative estimate of drug-likeness (QED) is 0.437. The minimum Gasteiger partial charge on any atom is -0.467 e. The van der Waals surface area contributed by atoms with Gasteiger partial charge >= 0.3 is 5.97 Å². The fourth-order valence-corrected chi connectivity index (χ4v) is 1.75. The number of rotatable bonds is 3. The molecule has 0 saturated heterocycles. The van der Waals surface area contributed by atoms with Crippen LogP contribution < -0.4 is 0 Å². The maximum absolute atomic E-state index is 10.9. The van der Waals surface area contributed by atoms with Crippen LogP contribution in [-0.2, 0) is 16.6 Å². The van der Waals surface area contributed by atoms with Crippen molar-refractivity contribution in [1.29, 1.82) is 0 Å². The predicted molar refractivity (Wildman–Crippen MR) is 50.7 cm³/mol. The second-order valence-corrected chi connectivity index (χ2v) is 4.05. The normalized spacial score (nSPS) is 12.5. The summed E-state index contributed by atoms with van der Waals surface area (Å²) in [6.07, 6.45) is 3.42. The average Bonchev–Trinajstić information content (AvgIpc) is 2.50. The molecule has 1 aromatic rings. The number of hydrogen-bond donors (Lipinski definition) is 0. The van der Waals surface area contributed by atoms with E-state index in [2.05, 4.69) is 9.72 Å². The molecule has 1 aromatic heterocycles. The molecule has 6 heteroatoms. The summed E-state index contributed by atoms with van der Waals surface area (Å²) in [5.41, 5.74) is 0. The topological polar surface area (TPSA) is 44.1 Å². The van der Waals surface area contributed by atoms with Crippen molar-refractivity contribution < 1.29 is 9.53 Å². The number of aromatic nitrogens is 2. The van der Waals surface area contributed by atoms with Crippen LogP contribution in [0, 0.1) is 0 Å². The maximum Gasteiger partial charge on any atom is 0.334 e. The van der Waals surface area contributed by atoms with Crippen LogP contribution >= 0.6 is 23.4 Å². The van der Waals surface area contributed by atoms with Gasteiger partial charge in [0.25, 0.3) is 0 Å². The first-order valence-electron chi connectivity index (χ1n) is 3.51. The Morgan fingerprint density at radius 2 is 2.54 bits per heavy atom. The highest BCUT2D eigenvalue weighted by Crippen LogP contribution is 2.24. The molecule has 1 heterocycles. The molecule has 1 unspecified atom stereocenters. The van der Waals surface area contributed by atoms with Gasteiger partial charge in [-0.3, -0.25) is 0 Å². The number of thioether (sulfide) groups is 1. The summed E-state index contributed by atoms with van der Waals surface area (Å²) in [5, 5.41) is 0.686. The number of esters is 1. The van der Waals surface area contributed by atoms with E-state index in [-0.39, 0.29) is 0 Å². The first kappa shape index (κ1) is 10.4. The summed E-state index contributed by atoms with van der Waals surface area (Å²) in [5.74, 6) is -0.463. The van der Waals surface area contributed by atoms with E-state index in [4.69, 9.17) is 11.6 Å². The molecule has 13 heavy (non-hydrogen) atoms. The van der Waals surface area contributed by atoms with E-state index in [0.717, 1.165) is 11.8 Å². The van der Waals surface area contributed by atoms with Crippen LogP contribution in [0.25, 0.3) is 0 Å². The van der Waals surface area contributed by atoms with Gasteiger partial charge in [-0.2, -0.15) is 0 Å². The average molecular weight is 221 g/mol. The number of carbonyl (C=O) groups is 1. The molecule has 0 saturated carbocycles. The van der Waals surface area contributed by atoms with Gasteiger partial charge in [-0.25, -0.2) is 9.78 Å². The van der Waals surface area contributed by atoms with Gasteiger partial charge in [-0.1, -0.05) is 23.4 Å². The van der Waals surface area contributed by atoms with Crippen molar-refractivity contribution in [3.8, 4) is 0 Å². The van der Waals surface area contributed by atoms with Crippen molar-refractivity contribution in [2.75, 3.05) is 7.11 Å². The van der Waals surface area contributed by atoms with E-state index in [0.29, 0.717) is 5.16 Å². The standard InChI is InChI=1S/C7H9ClN2O2S/c1-10-4-3-9-7(10)13-5(8)6(11)12-2/h3-5H,1-2H3. The summed E-state index contributed by atoms with van der Waals surface area (Å²) in [6, 6.07) is 0. The Labute approximate surface area is 85.2 Å². The van der Waals surface area contributed by atoms with Crippen LogP contribution in [0.3, 0.4) is 0 Å². The number of imidazole rings is 1. The molecular weight excluding hydrogens is 212 g/mol. The van der Waals surface area contributed by atoms with Crippen molar-refractivity contribution in [3.63, 3.8) is 0 Å². The molecule has 0 N–H and O–H groups in total. The molecule has 0 amide bonds. The third kappa shape index (κ3) is 2.63. The molecular formula is C7H9ClN2O2S. The van der Waals surface area contributed by atoms with Crippen LogP contribution in [-0.4, -0.2) is 27.3 Å². The molecule has 1 atom stereocenters. The second kappa shape index (κ2) is 4.53. The van der Waals surface area contributed by atoms with Gasteiger partial charge in [0.2, 0.25) is 0 Å². The summed E-state index contributed by atoms with van der Waals surface area (Å²) < 4.78 is 5.51. The highest BCUT2D eigenvalue weighted by atomic mass is 35.5. The van der Waals surface area contributed by atoms with E-state index in [1.54, 1.807) is 17.0 Å². The molecule has 0 aliphatic carbocycles. The monoisotopic (exact) mass is 220 g/mol. The molecule has 0 fully saturated rings. The van der Waals surface area contributed by atoms with Crippen molar-refractivity contribution in [3.05, 3.63) is 12.4 Å². The number of hydrogen-bond acceptors (Lipinski definition) is 4. The third-order valence-corrected chi connectivity index (χ3v) is 2.82. The number of nitrogens with zero attached hydrogens (tertiary/aromatic N) is 2. The van der Waals surface area contributed by atoms with E-state index in [9.17, 15) is 4.79 Å². The van der Waals surface area contributed by atoms with Crippen molar-refractivity contribution in [2.45, 2.75) is 9.87 Å². The number of methoxy groups -OCH3 is 1. The zero-order valence-electron chi connectivity index (χ0n) is 7.23. The lowest BCUT2D eigenvalue weighted by molar-refractivity contribution is -0.138.